The van der Waals surface area contributed by atoms with Crippen LogP contribution in [0, 0.1) is 0 Å². The summed E-state index contributed by atoms with van der Waals surface area (Å²) in [5.41, 5.74) is 5.76. The maximum absolute atomic E-state index is 9.18. The highest BCUT2D eigenvalue weighted by atomic mass is 32.2. The molecule has 0 heterocycles. The molecule has 4 heteroatoms. The lowest BCUT2D eigenvalue weighted by Gasteiger charge is -2.18. The van der Waals surface area contributed by atoms with Crippen LogP contribution in [0.5, 0.6) is 5.75 Å². The van der Waals surface area contributed by atoms with Crippen molar-refractivity contribution in [3.05, 3.63) is 24.3 Å². The molecule has 0 aliphatic carbocycles. The number of hydrogen-bond donors (Lipinski definition) is 2. The third kappa shape index (κ3) is 3.41. The van der Waals surface area contributed by atoms with Crippen LogP contribution in [-0.4, -0.2) is 30.1 Å². The zero-order chi connectivity index (χ0) is 11.3. The number of thioether (sulfide) groups is 1. The predicted octanol–water partition coefficient (Wildman–Crippen LogP) is 1.50. The van der Waals surface area contributed by atoms with E-state index in [2.05, 4.69) is 0 Å². The molecule has 2 unspecified atom stereocenters. The zero-order valence-electron chi connectivity index (χ0n) is 9.01. The van der Waals surface area contributed by atoms with Crippen LogP contribution in [0.2, 0.25) is 0 Å². The highest BCUT2D eigenvalue weighted by Gasteiger charge is 2.15. The summed E-state index contributed by atoms with van der Waals surface area (Å²) in [6.07, 6.45) is 0. The number of rotatable bonds is 5. The fourth-order valence-electron chi connectivity index (χ4n) is 1.19. The molecule has 0 saturated carbocycles. The van der Waals surface area contributed by atoms with Crippen LogP contribution < -0.4 is 10.5 Å². The van der Waals surface area contributed by atoms with Gasteiger partial charge in [0.1, 0.15) is 5.75 Å². The second-order valence-electron chi connectivity index (χ2n) is 3.35. The van der Waals surface area contributed by atoms with Crippen LogP contribution >= 0.6 is 11.8 Å². The van der Waals surface area contributed by atoms with Crippen LogP contribution in [0.4, 0.5) is 0 Å². The van der Waals surface area contributed by atoms with E-state index < -0.39 is 0 Å². The Morgan fingerprint density at radius 1 is 1.47 bits per heavy atom. The first-order chi connectivity index (χ1) is 7.19. The van der Waals surface area contributed by atoms with Gasteiger partial charge in [0.25, 0.3) is 0 Å². The van der Waals surface area contributed by atoms with Crippen molar-refractivity contribution < 1.29 is 9.84 Å². The number of aliphatic hydroxyl groups is 1. The average molecular weight is 227 g/mol. The van der Waals surface area contributed by atoms with Crippen LogP contribution in [0.3, 0.4) is 0 Å². The molecule has 1 rings (SSSR count). The van der Waals surface area contributed by atoms with Crippen molar-refractivity contribution in [1.82, 2.24) is 0 Å². The lowest BCUT2D eigenvalue weighted by atomic mass is 10.3. The summed E-state index contributed by atoms with van der Waals surface area (Å²) in [5, 5.41) is 9.18. The van der Waals surface area contributed by atoms with Gasteiger partial charge in [-0.25, -0.2) is 0 Å². The van der Waals surface area contributed by atoms with Crippen molar-refractivity contribution in [2.75, 3.05) is 13.7 Å². The second-order valence-corrected chi connectivity index (χ2v) is 4.63. The first kappa shape index (κ1) is 12.4. The quantitative estimate of drug-likeness (QED) is 0.748. The molecule has 0 aliphatic heterocycles. The third-order valence-corrected chi connectivity index (χ3v) is 3.59. The number of ether oxygens (including phenoxy) is 1. The van der Waals surface area contributed by atoms with E-state index in [4.69, 9.17) is 10.5 Å². The largest absolute Gasteiger partial charge is 0.496 e. The molecule has 3 nitrogen and oxygen atoms in total. The number of para-hydroxylation sites is 1. The van der Waals surface area contributed by atoms with Gasteiger partial charge in [-0.05, 0) is 19.1 Å². The number of methoxy groups -OCH3 is 1. The van der Waals surface area contributed by atoms with Gasteiger partial charge in [0.15, 0.2) is 0 Å². The average Bonchev–Trinajstić information content (AvgIpc) is 2.25. The summed E-state index contributed by atoms with van der Waals surface area (Å²) in [6.45, 7) is 1.96. The van der Waals surface area contributed by atoms with E-state index in [-0.39, 0.29) is 17.9 Å². The molecule has 84 valence electrons. The minimum atomic E-state index is -0.0510. The van der Waals surface area contributed by atoms with Gasteiger partial charge in [-0.1, -0.05) is 12.1 Å². The molecular formula is C11H17NO2S. The Kier molecular flexibility index (Phi) is 4.94. The molecule has 0 amide bonds. The van der Waals surface area contributed by atoms with Gasteiger partial charge in [0.05, 0.1) is 13.7 Å². The topological polar surface area (TPSA) is 55.5 Å². The fourth-order valence-corrected chi connectivity index (χ4v) is 2.23. The van der Waals surface area contributed by atoms with Gasteiger partial charge >= 0.3 is 0 Å². The lowest BCUT2D eigenvalue weighted by Crippen LogP contribution is -2.31. The monoisotopic (exact) mass is 227 g/mol. The predicted molar refractivity (Wildman–Crippen MR) is 63.4 cm³/mol. The third-order valence-electron chi connectivity index (χ3n) is 2.11. The smallest absolute Gasteiger partial charge is 0.132 e. The number of aliphatic hydroxyl groups excluding tert-OH is 1. The van der Waals surface area contributed by atoms with Crippen molar-refractivity contribution in [2.45, 2.75) is 23.1 Å². The van der Waals surface area contributed by atoms with E-state index in [1.807, 2.05) is 31.2 Å². The maximum atomic E-state index is 9.18. The molecule has 0 saturated heterocycles. The van der Waals surface area contributed by atoms with Gasteiger partial charge < -0.3 is 15.6 Å². The number of hydrogen-bond acceptors (Lipinski definition) is 4. The Hall–Kier alpha value is -0.710. The first-order valence-corrected chi connectivity index (χ1v) is 5.73. The summed E-state index contributed by atoms with van der Waals surface area (Å²) < 4.78 is 5.23. The van der Waals surface area contributed by atoms with E-state index in [1.54, 1.807) is 18.9 Å². The number of nitrogens with two attached hydrogens (primary N) is 1. The summed E-state index contributed by atoms with van der Waals surface area (Å²) >= 11 is 1.55. The molecule has 0 spiro atoms. The summed E-state index contributed by atoms with van der Waals surface area (Å²) in [4.78, 5) is 1.01. The van der Waals surface area contributed by atoms with Crippen LogP contribution in [0.25, 0.3) is 0 Å². The standard InChI is InChI=1S/C11H17NO2S/c1-8(12)11(7-13)15-10-6-4-3-5-9(10)14-2/h3-6,8,11,13H,7,12H2,1-2H3. The maximum Gasteiger partial charge on any atom is 0.132 e. The van der Waals surface area contributed by atoms with Crippen LogP contribution in [-0.2, 0) is 0 Å². The minimum Gasteiger partial charge on any atom is -0.496 e. The van der Waals surface area contributed by atoms with E-state index in [0.717, 1.165) is 10.6 Å². The van der Waals surface area contributed by atoms with Crippen molar-refractivity contribution >= 4 is 11.8 Å². The summed E-state index contributed by atoms with van der Waals surface area (Å²) in [7, 11) is 1.64. The molecule has 2 atom stereocenters. The Morgan fingerprint density at radius 2 is 2.13 bits per heavy atom. The van der Waals surface area contributed by atoms with Crippen LogP contribution in [0.15, 0.2) is 29.2 Å². The Bertz CT molecular complexity index is 304. The minimum absolute atomic E-state index is 0.00120. The van der Waals surface area contributed by atoms with E-state index in [9.17, 15) is 5.11 Å². The lowest BCUT2D eigenvalue weighted by molar-refractivity contribution is 0.285. The van der Waals surface area contributed by atoms with Crippen molar-refractivity contribution in [1.29, 1.82) is 0 Å². The van der Waals surface area contributed by atoms with Crippen molar-refractivity contribution in [2.24, 2.45) is 5.73 Å². The van der Waals surface area contributed by atoms with E-state index in [0.29, 0.717) is 0 Å². The molecule has 0 aromatic heterocycles. The van der Waals surface area contributed by atoms with Gasteiger partial charge in [-0.15, -0.1) is 11.8 Å². The van der Waals surface area contributed by atoms with Gasteiger partial charge in [-0.3, -0.25) is 0 Å². The summed E-state index contributed by atoms with van der Waals surface area (Å²) in [5.74, 6) is 0.821. The molecule has 0 radical (unpaired) electrons. The normalized spacial score (nSPS) is 14.7. The molecule has 0 aliphatic rings. The highest BCUT2D eigenvalue weighted by molar-refractivity contribution is 8.00. The highest BCUT2D eigenvalue weighted by Crippen LogP contribution is 2.32. The zero-order valence-corrected chi connectivity index (χ0v) is 9.83. The van der Waals surface area contributed by atoms with Gasteiger partial charge in [0, 0.05) is 16.2 Å². The SMILES string of the molecule is COc1ccccc1SC(CO)C(C)N. The van der Waals surface area contributed by atoms with E-state index >= 15 is 0 Å². The first-order valence-electron chi connectivity index (χ1n) is 4.85. The Labute approximate surface area is 94.6 Å². The second kappa shape index (κ2) is 6.00. The van der Waals surface area contributed by atoms with E-state index in [1.165, 1.54) is 0 Å². The summed E-state index contributed by atoms with van der Waals surface area (Å²) in [6, 6.07) is 7.68. The Balaban J connectivity index is 2.78. The van der Waals surface area contributed by atoms with Crippen LogP contribution in [0.1, 0.15) is 6.92 Å². The number of benzene rings is 1. The molecule has 15 heavy (non-hydrogen) atoms. The molecule has 0 bridgehead atoms. The fraction of sp³-hybridized carbons (Fsp3) is 0.455. The van der Waals surface area contributed by atoms with Crippen molar-refractivity contribution in [3.8, 4) is 5.75 Å². The molecule has 3 N–H and O–H groups in total. The Morgan fingerprint density at radius 3 is 2.67 bits per heavy atom. The molecular weight excluding hydrogens is 210 g/mol. The molecule has 0 fully saturated rings. The van der Waals surface area contributed by atoms with Gasteiger partial charge in [0.2, 0.25) is 0 Å². The molecule has 1 aromatic carbocycles. The van der Waals surface area contributed by atoms with Crippen molar-refractivity contribution in [3.63, 3.8) is 0 Å². The molecule has 1 aromatic rings. The van der Waals surface area contributed by atoms with Gasteiger partial charge in [-0.2, -0.15) is 0 Å².